The predicted octanol–water partition coefficient (Wildman–Crippen LogP) is 2.51. The average Bonchev–Trinajstić information content (AvgIpc) is 3.10. The number of hydrogen-bond acceptors (Lipinski definition) is 5. The molecule has 6 unspecified atom stereocenters. The van der Waals surface area contributed by atoms with Gasteiger partial charge in [-0.05, 0) is 17.5 Å². The van der Waals surface area contributed by atoms with E-state index >= 15 is 0 Å². The summed E-state index contributed by atoms with van der Waals surface area (Å²) < 4.78 is 17.4. The molecule has 0 N–H and O–H groups in total. The monoisotopic (exact) mass is 424 g/mol. The number of benzene rings is 1. The fourth-order valence-corrected chi connectivity index (χ4v) is 8.32. The van der Waals surface area contributed by atoms with E-state index in [4.69, 9.17) is 14.2 Å². The molecule has 0 radical (unpaired) electrons. The summed E-state index contributed by atoms with van der Waals surface area (Å²) in [7, 11) is 3.27. The Kier molecular flexibility index (Phi) is 3.47. The molecule has 7 rings (SSSR count). The van der Waals surface area contributed by atoms with Crippen molar-refractivity contribution in [3.63, 3.8) is 0 Å². The van der Waals surface area contributed by atoms with Crippen LogP contribution >= 0.6 is 0 Å². The predicted molar refractivity (Wildman–Crippen MR) is 113 cm³/mol. The van der Waals surface area contributed by atoms with Crippen LogP contribution < -0.4 is 14.4 Å². The SMILES string of the molecule is COc1cc2c(cc1OC)C13CC[N+]4([O-])CCC5=CCOC6CC(=O)N2[C@H]1C6C5CC34. The molecule has 4 fully saturated rings. The first-order chi connectivity index (χ1) is 15.0. The second-order valence-electron chi connectivity index (χ2n) is 10.2. The number of carbonyl (C=O) groups is 1. The standard InChI is InChI=1S/C24H28N2O5/c1-29-17-10-15-16(11-18(17)30-2)25-21(27)12-19-22-14-9-20-24(15,23(22)25)5-7-26(20,28)6-3-13(14)4-8-31-19/h4,10-11,14,19-20,22-23H,3,5-9,12H2,1-2H3/t14?,19?,20?,22?,23-,24?,26?/m0/s1. The zero-order valence-corrected chi connectivity index (χ0v) is 18.0. The van der Waals surface area contributed by atoms with Crippen LogP contribution in [-0.2, 0) is 14.9 Å². The molecule has 1 aliphatic carbocycles. The number of ether oxygens (including phenoxy) is 3. The molecule has 0 aromatic heterocycles. The topological polar surface area (TPSA) is 71.1 Å². The van der Waals surface area contributed by atoms with E-state index in [1.807, 2.05) is 11.0 Å². The molecule has 1 aromatic carbocycles. The van der Waals surface area contributed by atoms with Crippen LogP contribution in [0.2, 0.25) is 0 Å². The normalized spacial score (nSPS) is 43.7. The number of nitrogens with zero attached hydrogens (tertiary/aromatic N) is 2. The van der Waals surface area contributed by atoms with Gasteiger partial charge in [-0.2, -0.15) is 0 Å². The van der Waals surface area contributed by atoms with Crippen molar-refractivity contribution < 1.29 is 23.7 Å². The summed E-state index contributed by atoms with van der Waals surface area (Å²) in [6, 6.07) is 3.96. The minimum atomic E-state index is -0.338. The highest BCUT2D eigenvalue weighted by molar-refractivity contribution is 5.99. The smallest absolute Gasteiger partial charge is 0.229 e. The van der Waals surface area contributed by atoms with Crippen molar-refractivity contribution in [1.29, 1.82) is 0 Å². The molecule has 5 heterocycles. The van der Waals surface area contributed by atoms with E-state index in [1.165, 1.54) is 5.57 Å². The number of quaternary nitrogens is 1. The Morgan fingerprint density at radius 2 is 2.03 bits per heavy atom. The van der Waals surface area contributed by atoms with Crippen molar-refractivity contribution in [1.82, 2.24) is 0 Å². The third-order valence-corrected chi connectivity index (χ3v) is 9.43. The van der Waals surface area contributed by atoms with E-state index in [1.54, 1.807) is 14.2 Å². The number of anilines is 1. The highest BCUT2D eigenvalue weighted by Crippen LogP contribution is 2.67. The Morgan fingerprint density at radius 1 is 1.23 bits per heavy atom. The van der Waals surface area contributed by atoms with Crippen LogP contribution in [0.1, 0.15) is 31.2 Å². The highest BCUT2D eigenvalue weighted by Gasteiger charge is 2.73. The largest absolute Gasteiger partial charge is 0.633 e. The molecule has 3 saturated heterocycles. The van der Waals surface area contributed by atoms with Crippen molar-refractivity contribution in [2.75, 3.05) is 38.8 Å². The van der Waals surface area contributed by atoms with Gasteiger partial charge in [-0.1, -0.05) is 11.6 Å². The number of rotatable bonds is 2. The molecule has 1 aromatic rings. The Labute approximate surface area is 181 Å². The van der Waals surface area contributed by atoms with Gasteiger partial charge in [-0.3, -0.25) is 4.79 Å². The molecule has 2 bridgehead atoms. The van der Waals surface area contributed by atoms with Crippen molar-refractivity contribution >= 4 is 11.6 Å². The lowest BCUT2D eigenvalue weighted by Gasteiger charge is -2.56. The lowest BCUT2D eigenvalue weighted by molar-refractivity contribution is -0.895. The molecular formula is C24H28N2O5. The number of hydroxylamine groups is 3. The van der Waals surface area contributed by atoms with Gasteiger partial charge < -0.3 is 29.0 Å². The maximum Gasteiger partial charge on any atom is 0.229 e. The molecular weight excluding hydrogens is 396 g/mol. The summed E-state index contributed by atoms with van der Waals surface area (Å²) in [5, 5.41) is 14.2. The number of hydrogen-bond donors (Lipinski definition) is 0. The Morgan fingerprint density at radius 3 is 2.84 bits per heavy atom. The first kappa shape index (κ1) is 18.5. The summed E-state index contributed by atoms with van der Waals surface area (Å²) in [5.41, 5.74) is 3.08. The summed E-state index contributed by atoms with van der Waals surface area (Å²) in [6.45, 7) is 1.81. The third kappa shape index (κ3) is 2.00. The minimum absolute atomic E-state index is 0.0251. The minimum Gasteiger partial charge on any atom is -0.633 e. The van der Waals surface area contributed by atoms with Gasteiger partial charge in [0.05, 0.1) is 63.6 Å². The van der Waals surface area contributed by atoms with E-state index in [0.717, 1.165) is 30.5 Å². The molecule has 7 heteroatoms. The second-order valence-corrected chi connectivity index (χ2v) is 10.2. The zero-order chi connectivity index (χ0) is 21.1. The lowest BCUT2D eigenvalue weighted by atomic mass is 9.55. The van der Waals surface area contributed by atoms with E-state index in [-0.39, 0.29) is 40.1 Å². The number of carbonyl (C=O) groups excluding carboxylic acids is 1. The Hall–Kier alpha value is -2.09. The van der Waals surface area contributed by atoms with Crippen LogP contribution in [0.4, 0.5) is 5.69 Å². The summed E-state index contributed by atoms with van der Waals surface area (Å²) in [6.07, 6.45) is 5.11. The lowest BCUT2D eigenvalue weighted by Crippen LogP contribution is -2.68. The average molecular weight is 424 g/mol. The quantitative estimate of drug-likeness (QED) is 0.415. The van der Waals surface area contributed by atoms with Crippen molar-refractivity contribution in [3.8, 4) is 11.5 Å². The van der Waals surface area contributed by atoms with E-state index in [9.17, 15) is 10.0 Å². The fourth-order valence-electron chi connectivity index (χ4n) is 8.32. The molecule has 1 spiro atoms. The first-order valence-corrected chi connectivity index (χ1v) is 11.5. The van der Waals surface area contributed by atoms with Crippen LogP contribution in [0.25, 0.3) is 0 Å². The van der Waals surface area contributed by atoms with E-state index < -0.39 is 0 Å². The molecule has 31 heavy (non-hydrogen) atoms. The van der Waals surface area contributed by atoms with E-state index in [2.05, 4.69) is 12.1 Å². The van der Waals surface area contributed by atoms with Gasteiger partial charge in [-0.25, -0.2) is 0 Å². The number of piperidine rings is 1. The maximum atomic E-state index is 14.2. The Bertz CT molecular complexity index is 1040. The molecule has 6 aliphatic rings. The first-order valence-electron chi connectivity index (χ1n) is 11.5. The summed E-state index contributed by atoms with van der Waals surface area (Å²) in [4.78, 5) is 15.6. The van der Waals surface area contributed by atoms with Gasteiger partial charge in [0.1, 0.15) is 6.04 Å². The fraction of sp³-hybridized carbons (Fsp3) is 0.625. The summed E-state index contributed by atoms with van der Waals surface area (Å²) in [5.74, 6) is 1.97. The van der Waals surface area contributed by atoms with Crippen molar-refractivity contribution in [3.05, 3.63) is 34.6 Å². The van der Waals surface area contributed by atoms with Gasteiger partial charge in [-0.15, -0.1) is 0 Å². The third-order valence-electron chi connectivity index (χ3n) is 9.43. The van der Waals surface area contributed by atoms with Gasteiger partial charge >= 0.3 is 0 Å². The Balaban J connectivity index is 1.54. The molecule has 7 atom stereocenters. The van der Waals surface area contributed by atoms with Crippen LogP contribution in [-0.4, -0.2) is 62.7 Å². The van der Waals surface area contributed by atoms with E-state index in [0.29, 0.717) is 43.5 Å². The van der Waals surface area contributed by atoms with Gasteiger partial charge in [0.15, 0.2) is 11.5 Å². The van der Waals surface area contributed by atoms with Crippen molar-refractivity contribution in [2.45, 2.75) is 49.3 Å². The zero-order valence-electron chi connectivity index (χ0n) is 18.0. The molecule has 1 saturated carbocycles. The molecule has 5 aliphatic heterocycles. The summed E-state index contributed by atoms with van der Waals surface area (Å²) >= 11 is 0. The van der Waals surface area contributed by atoms with Crippen LogP contribution in [0, 0.1) is 17.0 Å². The van der Waals surface area contributed by atoms with Crippen molar-refractivity contribution in [2.24, 2.45) is 11.8 Å². The van der Waals surface area contributed by atoms with Crippen LogP contribution in [0.3, 0.4) is 0 Å². The molecule has 164 valence electrons. The van der Waals surface area contributed by atoms with Gasteiger partial charge in [0, 0.05) is 31.2 Å². The molecule has 1 amide bonds. The molecule has 7 nitrogen and oxygen atoms in total. The maximum absolute atomic E-state index is 14.2. The van der Waals surface area contributed by atoms with Gasteiger partial charge in [0.2, 0.25) is 5.91 Å². The number of amides is 1. The van der Waals surface area contributed by atoms with Gasteiger partial charge in [0.25, 0.3) is 0 Å². The number of fused-ring (bicyclic) bond motifs is 2. The highest BCUT2D eigenvalue weighted by atomic mass is 16.6. The van der Waals surface area contributed by atoms with Crippen LogP contribution in [0.15, 0.2) is 23.8 Å². The second kappa shape index (κ2) is 5.82. The number of methoxy groups -OCH3 is 2. The van der Waals surface area contributed by atoms with Crippen LogP contribution in [0.5, 0.6) is 11.5 Å².